The largest absolute Gasteiger partial charge is 0.397 e. The van der Waals surface area contributed by atoms with Crippen LogP contribution in [0.15, 0.2) is 89.7 Å². The van der Waals surface area contributed by atoms with Gasteiger partial charge in [-0.1, -0.05) is 68.4 Å². The third-order valence-electron chi connectivity index (χ3n) is 7.04. The van der Waals surface area contributed by atoms with E-state index in [1.54, 1.807) is 0 Å². The fourth-order valence-corrected chi connectivity index (χ4v) is 4.91. The number of para-hydroxylation sites is 1. The number of allylic oxidation sites excluding steroid dienone is 2. The van der Waals surface area contributed by atoms with Crippen molar-refractivity contribution in [2.75, 3.05) is 23.0 Å². The maximum Gasteiger partial charge on any atom is 0.0866 e. The van der Waals surface area contributed by atoms with Gasteiger partial charge in [-0.25, -0.2) is 0 Å². The zero-order chi connectivity index (χ0) is 24.8. The summed E-state index contributed by atoms with van der Waals surface area (Å²) < 4.78 is 0. The molecule has 1 heterocycles. The zero-order valence-corrected chi connectivity index (χ0v) is 21.5. The summed E-state index contributed by atoms with van der Waals surface area (Å²) in [5, 5.41) is 7.23. The highest BCUT2D eigenvalue weighted by Crippen LogP contribution is 2.38. The Morgan fingerprint density at radius 1 is 0.886 bits per heavy atom. The van der Waals surface area contributed by atoms with Crippen LogP contribution < -0.4 is 15.6 Å². The maximum absolute atomic E-state index is 6.83. The molecule has 0 aromatic heterocycles. The van der Waals surface area contributed by atoms with Crippen molar-refractivity contribution in [2.24, 2.45) is 10.8 Å². The molecular formula is C31H38N4. The molecule has 1 aliphatic rings. The highest BCUT2D eigenvalue weighted by Gasteiger charge is 2.31. The van der Waals surface area contributed by atoms with Crippen LogP contribution in [0.4, 0.5) is 11.4 Å². The molecule has 4 heteroatoms. The van der Waals surface area contributed by atoms with Gasteiger partial charge in [0.15, 0.2) is 0 Å². The van der Waals surface area contributed by atoms with Crippen molar-refractivity contribution in [2.45, 2.75) is 53.0 Å². The summed E-state index contributed by atoms with van der Waals surface area (Å²) in [5.74, 6) is 0. The molecule has 0 aliphatic carbocycles. The molecule has 0 saturated heterocycles. The van der Waals surface area contributed by atoms with E-state index in [0.717, 1.165) is 55.0 Å². The van der Waals surface area contributed by atoms with E-state index < -0.39 is 0 Å². The van der Waals surface area contributed by atoms with Gasteiger partial charge in [0.25, 0.3) is 0 Å². The molecule has 35 heavy (non-hydrogen) atoms. The topological polar surface area (TPSA) is 44.9 Å². The Morgan fingerprint density at radius 2 is 1.54 bits per heavy atom. The lowest BCUT2D eigenvalue weighted by atomic mass is 9.94. The summed E-state index contributed by atoms with van der Waals surface area (Å²) >= 11 is 0. The van der Waals surface area contributed by atoms with Crippen LogP contribution in [0, 0.1) is 0 Å². The Balaban J connectivity index is 1.70. The summed E-state index contributed by atoms with van der Waals surface area (Å²) in [4.78, 5) is 2.37. The Labute approximate surface area is 210 Å². The molecule has 0 fully saturated rings. The number of hydrogen-bond acceptors (Lipinski definition) is 4. The average Bonchev–Trinajstić information content (AvgIpc) is 3.37. The molecule has 0 amide bonds. The fourth-order valence-electron chi connectivity index (χ4n) is 4.91. The zero-order valence-electron chi connectivity index (χ0n) is 21.5. The molecule has 0 saturated carbocycles. The first-order valence-corrected chi connectivity index (χ1v) is 12.9. The molecule has 3 aromatic carbocycles. The molecular weight excluding hydrogens is 428 g/mol. The number of anilines is 2. The van der Waals surface area contributed by atoms with Gasteiger partial charge < -0.3 is 10.6 Å². The van der Waals surface area contributed by atoms with Gasteiger partial charge in [0.1, 0.15) is 0 Å². The Morgan fingerprint density at radius 3 is 2.11 bits per heavy atom. The summed E-state index contributed by atoms with van der Waals surface area (Å²) in [7, 11) is 0. The summed E-state index contributed by atoms with van der Waals surface area (Å²) in [5.41, 5.74) is 15.9. The van der Waals surface area contributed by atoms with Gasteiger partial charge in [-0.2, -0.15) is 5.10 Å². The molecule has 1 aliphatic heterocycles. The van der Waals surface area contributed by atoms with E-state index in [0.29, 0.717) is 0 Å². The van der Waals surface area contributed by atoms with Gasteiger partial charge >= 0.3 is 0 Å². The van der Waals surface area contributed by atoms with Crippen molar-refractivity contribution in [3.8, 4) is 0 Å². The van der Waals surface area contributed by atoms with Crippen LogP contribution in [-0.4, -0.2) is 18.8 Å². The fraction of sp³-hybridized carbons (Fsp3) is 0.323. The van der Waals surface area contributed by atoms with E-state index in [-0.39, 0.29) is 6.04 Å². The van der Waals surface area contributed by atoms with Crippen molar-refractivity contribution < 1.29 is 0 Å². The third-order valence-corrected chi connectivity index (χ3v) is 7.04. The van der Waals surface area contributed by atoms with Gasteiger partial charge in [-0.3, -0.25) is 5.01 Å². The molecule has 0 spiro atoms. The molecule has 182 valence electrons. The molecule has 4 rings (SSSR count). The minimum Gasteiger partial charge on any atom is -0.397 e. The van der Waals surface area contributed by atoms with Crippen molar-refractivity contribution in [1.82, 2.24) is 0 Å². The van der Waals surface area contributed by atoms with Crippen molar-refractivity contribution in [3.05, 3.63) is 101 Å². The van der Waals surface area contributed by atoms with Crippen LogP contribution in [-0.2, 0) is 6.42 Å². The van der Waals surface area contributed by atoms with Gasteiger partial charge in [0.05, 0.1) is 23.1 Å². The van der Waals surface area contributed by atoms with Crippen LogP contribution in [0.1, 0.15) is 63.3 Å². The van der Waals surface area contributed by atoms with E-state index in [1.807, 2.05) is 6.07 Å². The van der Waals surface area contributed by atoms with Gasteiger partial charge in [-0.15, -0.1) is 0 Å². The first kappa shape index (κ1) is 24.6. The standard InChI is InChI=1S/C31H38N4/c1-5-23-14-16-24(17-15-23)28(6-2)31(32)29-22-30(35(33-29)27-12-10-9-11-13-27)25-18-20-26(21-19-25)34(7-3)8-4/h9-21,30H,5-8,22,32H2,1-4H3. The van der Waals surface area contributed by atoms with E-state index in [9.17, 15) is 0 Å². The Hall–Kier alpha value is -3.53. The van der Waals surface area contributed by atoms with Crippen LogP contribution in [0.5, 0.6) is 0 Å². The van der Waals surface area contributed by atoms with Crippen LogP contribution in [0.2, 0.25) is 0 Å². The SMILES string of the molecule is CCC(=C(N)C1=NN(c2ccccc2)C(c2ccc(N(CC)CC)cc2)C1)c1ccc(CC)cc1. The Kier molecular flexibility index (Phi) is 7.91. The lowest BCUT2D eigenvalue weighted by molar-refractivity contribution is 0.708. The van der Waals surface area contributed by atoms with Crippen LogP contribution in [0.3, 0.4) is 0 Å². The first-order valence-electron chi connectivity index (χ1n) is 12.9. The number of hydrogen-bond donors (Lipinski definition) is 1. The quantitative estimate of drug-likeness (QED) is 0.363. The Bertz CT molecular complexity index is 1160. The predicted octanol–water partition coefficient (Wildman–Crippen LogP) is 7.18. The lowest BCUT2D eigenvalue weighted by Gasteiger charge is -2.25. The molecule has 1 unspecified atom stereocenters. The van der Waals surface area contributed by atoms with E-state index in [4.69, 9.17) is 10.8 Å². The second-order valence-electron chi connectivity index (χ2n) is 9.01. The molecule has 0 bridgehead atoms. The smallest absolute Gasteiger partial charge is 0.0866 e. The number of aryl methyl sites for hydroxylation is 1. The van der Waals surface area contributed by atoms with E-state index in [2.05, 4.69) is 110 Å². The van der Waals surface area contributed by atoms with Crippen molar-refractivity contribution >= 4 is 22.7 Å². The van der Waals surface area contributed by atoms with Gasteiger partial charge in [-0.05, 0) is 73.2 Å². The summed E-state index contributed by atoms with van der Waals surface area (Å²) in [6.07, 6.45) is 2.68. The normalized spacial score (nSPS) is 16.2. The predicted molar refractivity (Wildman–Crippen MR) is 151 cm³/mol. The number of hydrazone groups is 1. The third kappa shape index (κ3) is 5.27. The number of nitrogens with two attached hydrogens (primary N) is 1. The number of benzene rings is 3. The van der Waals surface area contributed by atoms with Crippen LogP contribution in [0.25, 0.3) is 5.57 Å². The number of nitrogens with zero attached hydrogens (tertiary/aromatic N) is 3. The van der Waals surface area contributed by atoms with Gasteiger partial charge in [0.2, 0.25) is 0 Å². The van der Waals surface area contributed by atoms with E-state index >= 15 is 0 Å². The molecule has 4 nitrogen and oxygen atoms in total. The van der Waals surface area contributed by atoms with Crippen molar-refractivity contribution in [1.29, 1.82) is 0 Å². The van der Waals surface area contributed by atoms with Gasteiger partial charge in [0, 0.05) is 25.2 Å². The minimum absolute atomic E-state index is 0.109. The van der Waals surface area contributed by atoms with Crippen LogP contribution >= 0.6 is 0 Å². The second kappa shape index (κ2) is 11.3. The highest BCUT2D eigenvalue weighted by atomic mass is 15.5. The highest BCUT2D eigenvalue weighted by molar-refractivity contribution is 6.07. The lowest BCUT2D eigenvalue weighted by Crippen LogP contribution is -2.22. The first-order chi connectivity index (χ1) is 17.1. The molecule has 1 atom stereocenters. The summed E-state index contributed by atoms with van der Waals surface area (Å²) in [6, 6.07) is 28.3. The maximum atomic E-state index is 6.83. The second-order valence-corrected chi connectivity index (χ2v) is 9.01. The van der Waals surface area contributed by atoms with E-state index in [1.165, 1.54) is 22.4 Å². The average molecular weight is 467 g/mol. The molecule has 2 N–H and O–H groups in total. The summed E-state index contributed by atoms with van der Waals surface area (Å²) in [6.45, 7) is 10.7. The minimum atomic E-state index is 0.109. The molecule has 3 aromatic rings. The van der Waals surface area contributed by atoms with Crippen molar-refractivity contribution in [3.63, 3.8) is 0 Å². The monoisotopic (exact) mass is 466 g/mol. The molecule has 0 radical (unpaired) electrons. The number of rotatable bonds is 9.